The third-order valence-electron chi connectivity index (χ3n) is 0.975. The number of hydrogen-bond acceptors (Lipinski definition) is 2. The van der Waals surface area contributed by atoms with Crippen LogP contribution in [0.5, 0.6) is 0 Å². The highest BCUT2D eigenvalue weighted by Crippen LogP contribution is 1.90. The summed E-state index contributed by atoms with van der Waals surface area (Å²) in [6.07, 6.45) is 2.91. The molecular weight excluding hydrogens is 107 g/mol. The van der Waals surface area contributed by atoms with Crippen LogP contribution in [0.1, 0.15) is 19.3 Å². The van der Waals surface area contributed by atoms with Gasteiger partial charge in [0.15, 0.2) is 0 Å². The van der Waals surface area contributed by atoms with Crippen molar-refractivity contribution in [1.82, 2.24) is 5.54 Å². The summed E-state index contributed by atoms with van der Waals surface area (Å²) in [5.74, 6) is 0. The molecule has 0 amide bonds. The first-order valence-corrected chi connectivity index (χ1v) is 2.95. The van der Waals surface area contributed by atoms with E-state index in [0.29, 0.717) is 13.1 Å². The lowest BCUT2D eigenvalue weighted by molar-refractivity contribution is 0.328. The Kier molecular flexibility index (Phi) is 6.72. The smallest absolute Gasteiger partial charge is 0.0259 e. The summed E-state index contributed by atoms with van der Waals surface area (Å²) in [5.41, 5.74) is 6.78. The van der Waals surface area contributed by atoms with Gasteiger partial charge in [0.2, 0.25) is 0 Å². The summed E-state index contributed by atoms with van der Waals surface area (Å²) < 4.78 is 11.1. The largest absolute Gasteiger partial charge is 0.330 e. The van der Waals surface area contributed by atoms with E-state index in [9.17, 15) is 4.48 Å². The monoisotopic (exact) mass is 120 g/mol. The second-order valence-corrected chi connectivity index (χ2v) is 1.73. The fraction of sp³-hybridized carbons (Fsp3) is 1.00. The van der Waals surface area contributed by atoms with Gasteiger partial charge < -0.3 is 5.73 Å². The van der Waals surface area contributed by atoms with Crippen LogP contribution in [0.2, 0.25) is 0 Å². The van der Waals surface area contributed by atoms with E-state index in [4.69, 9.17) is 5.73 Å². The van der Waals surface area contributed by atoms with Gasteiger partial charge in [-0.25, -0.2) is 0 Å². The Morgan fingerprint density at radius 1 is 1.25 bits per heavy atom. The molecule has 0 bridgehead atoms. The SMILES string of the molecule is NCCCCCNF. The normalized spacial score (nSPS) is 9.75. The van der Waals surface area contributed by atoms with Crippen molar-refractivity contribution < 1.29 is 4.48 Å². The molecule has 2 nitrogen and oxygen atoms in total. The van der Waals surface area contributed by atoms with Crippen LogP contribution in [-0.2, 0) is 0 Å². The van der Waals surface area contributed by atoms with Gasteiger partial charge >= 0.3 is 0 Å². The van der Waals surface area contributed by atoms with Gasteiger partial charge in [-0.1, -0.05) is 6.42 Å². The maximum absolute atomic E-state index is 11.1. The van der Waals surface area contributed by atoms with Gasteiger partial charge in [0.1, 0.15) is 0 Å². The second-order valence-electron chi connectivity index (χ2n) is 1.73. The maximum Gasteiger partial charge on any atom is 0.0259 e. The van der Waals surface area contributed by atoms with Crippen molar-refractivity contribution in [3.8, 4) is 0 Å². The fourth-order valence-electron chi connectivity index (χ4n) is 0.513. The minimum Gasteiger partial charge on any atom is -0.330 e. The summed E-state index contributed by atoms with van der Waals surface area (Å²) in [6, 6.07) is 0. The Balaban J connectivity index is 2.53. The number of hydrogen-bond donors (Lipinski definition) is 2. The van der Waals surface area contributed by atoms with Crippen molar-refractivity contribution in [3.05, 3.63) is 0 Å². The first kappa shape index (κ1) is 7.85. The molecule has 8 heavy (non-hydrogen) atoms. The average Bonchev–Trinajstić information content (AvgIpc) is 1.81. The summed E-state index contributed by atoms with van der Waals surface area (Å²) in [7, 11) is 0. The molecule has 0 fully saturated rings. The van der Waals surface area contributed by atoms with E-state index in [2.05, 4.69) is 0 Å². The van der Waals surface area contributed by atoms with Gasteiger partial charge in [-0.15, -0.1) is 4.48 Å². The van der Waals surface area contributed by atoms with E-state index < -0.39 is 0 Å². The van der Waals surface area contributed by atoms with Crippen LogP contribution in [0.15, 0.2) is 0 Å². The molecule has 0 aliphatic heterocycles. The first-order chi connectivity index (χ1) is 3.91. The Morgan fingerprint density at radius 2 is 2.00 bits per heavy atom. The highest BCUT2D eigenvalue weighted by Gasteiger charge is 1.84. The molecule has 0 saturated heterocycles. The van der Waals surface area contributed by atoms with Crippen molar-refractivity contribution in [2.75, 3.05) is 13.1 Å². The molecule has 50 valence electrons. The van der Waals surface area contributed by atoms with Gasteiger partial charge in [0, 0.05) is 6.54 Å². The molecule has 0 aliphatic carbocycles. The van der Waals surface area contributed by atoms with E-state index in [1.807, 2.05) is 0 Å². The molecule has 0 rings (SSSR count). The van der Waals surface area contributed by atoms with Crippen molar-refractivity contribution in [1.29, 1.82) is 0 Å². The summed E-state index contributed by atoms with van der Waals surface area (Å²) in [6.45, 7) is 1.17. The van der Waals surface area contributed by atoms with Crippen molar-refractivity contribution in [2.24, 2.45) is 5.73 Å². The summed E-state index contributed by atoms with van der Waals surface area (Å²) in [4.78, 5) is 0. The molecule has 0 aromatic rings. The number of unbranched alkanes of at least 4 members (excludes halogenated alkanes) is 2. The number of halogens is 1. The average molecular weight is 120 g/mol. The van der Waals surface area contributed by atoms with E-state index in [0.717, 1.165) is 19.3 Å². The minimum absolute atomic E-state index is 0.458. The van der Waals surface area contributed by atoms with Crippen molar-refractivity contribution in [3.63, 3.8) is 0 Å². The third kappa shape index (κ3) is 5.85. The summed E-state index contributed by atoms with van der Waals surface area (Å²) in [5, 5.41) is 0. The van der Waals surface area contributed by atoms with Crippen LogP contribution < -0.4 is 11.3 Å². The maximum atomic E-state index is 11.1. The Morgan fingerprint density at radius 3 is 2.50 bits per heavy atom. The molecule has 0 aromatic carbocycles. The quantitative estimate of drug-likeness (QED) is 0.411. The van der Waals surface area contributed by atoms with Crippen LogP contribution >= 0.6 is 0 Å². The zero-order valence-electron chi connectivity index (χ0n) is 4.99. The highest BCUT2D eigenvalue weighted by molar-refractivity contribution is 4.41. The second kappa shape index (κ2) is 6.85. The Bertz CT molecular complexity index is 35.4. The highest BCUT2D eigenvalue weighted by atomic mass is 19.2. The van der Waals surface area contributed by atoms with Gasteiger partial charge in [-0.05, 0) is 19.4 Å². The van der Waals surface area contributed by atoms with Crippen LogP contribution in [0.4, 0.5) is 4.48 Å². The lowest BCUT2D eigenvalue weighted by Crippen LogP contribution is -2.04. The van der Waals surface area contributed by atoms with E-state index in [-0.39, 0.29) is 0 Å². The zero-order chi connectivity index (χ0) is 6.24. The van der Waals surface area contributed by atoms with Crippen molar-refractivity contribution in [2.45, 2.75) is 19.3 Å². The van der Waals surface area contributed by atoms with E-state index in [1.54, 1.807) is 5.54 Å². The topological polar surface area (TPSA) is 38.0 Å². The molecule has 0 heterocycles. The number of nitrogens with two attached hydrogens (primary N) is 1. The van der Waals surface area contributed by atoms with Crippen LogP contribution in [0, 0.1) is 0 Å². The molecule has 3 N–H and O–H groups in total. The molecular formula is C5H13FN2. The van der Waals surface area contributed by atoms with Gasteiger partial charge in [-0.3, -0.25) is 0 Å². The molecule has 0 spiro atoms. The van der Waals surface area contributed by atoms with E-state index >= 15 is 0 Å². The van der Waals surface area contributed by atoms with Crippen LogP contribution in [0.25, 0.3) is 0 Å². The molecule has 0 saturated carbocycles. The molecule has 0 radical (unpaired) electrons. The number of nitrogens with one attached hydrogen (secondary N) is 1. The van der Waals surface area contributed by atoms with Gasteiger partial charge in [-0.2, -0.15) is 5.54 Å². The van der Waals surface area contributed by atoms with Crippen LogP contribution in [0.3, 0.4) is 0 Å². The van der Waals surface area contributed by atoms with Crippen molar-refractivity contribution >= 4 is 0 Å². The molecule has 0 atom stereocenters. The molecule has 0 aliphatic rings. The minimum atomic E-state index is 0.458. The summed E-state index contributed by atoms with van der Waals surface area (Å²) >= 11 is 0. The predicted molar refractivity (Wildman–Crippen MR) is 32.0 cm³/mol. The first-order valence-electron chi connectivity index (χ1n) is 2.95. The molecule has 0 unspecified atom stereocenters. The van der Waals surface area contributed by atoms with Crippen LogP contribution in [-0.4, -0.2) is 13.1 Å². The van der Waals surface area contributed by atoms with Gasteiger partial charge in [0.05, 0.1) is 0 Å². The Hall–Kier alpha value is -0.150. The zero-order valence-corrected chi connectivity index (χ0v) is 4.99. The predicted octanol–water partition coefficient (Wildman–Crippen LogP) is 0.590. The Labute approximate surface area is 49.2 Å². The third-order valence-corrected chi connectivity index (χ3v) is 0.975. The molecule has 0 aromatic heterocycles. The van der Waals surface area contributed by atoms with E-state index in [1.165, 1.54) is 0 Å². The lowest BCUT2D eigenvalue weighted by atomic mass is 10.2. The number of rotatable bonds is 5. The fourth-order valence-corrected chi connectivity index (χ4v) is 0.513. The standard InChI is InChI=1S/C5H13FN2/c6-8-5-3-1-2-4-7/h8H,1-5,7H2. The molecule has 3 heteroatoms. The lowest BCUT2D eigenvalue weighted by Gasteiger charge is -1.93. The van der Waals surface area contributed by atoms with Gasteiger partial charge in [0.25, 0.3) is 0 Å².